The van der Waals surface area contributed by atoms with Crippen molar-refractivity contribution in [2.45, 2.75) is 59.2 Å². The second-order valence-corrected chi connectivity index (χ2v) is 11.7. The zero-order valence-electron chi connectivity index (χ0n) is 23.9. The van der Waals surface area contributed by atoms with Gasteiger partial charge in [-0.25, -0.2) is 4.99 Å². The standard InChI is InChI=1S/C24H27F3N6.C6H13N/c1-14(15-8-21(30-10-15)23(2,3)4)29-11-16-12-31-22(32-16)20-9-17-18(28)6-5-7-19(17)33(20)13-24(25,26)27;1-7-5-3-2-4-6-7/h5-7,9-10,29H,1,8,11-13,28H2,2-4H3;2-6H2,1H3. The van der Waals surface area contributed by atoms with Crippen LogP contribution in [0.2, 0.25) is 0 Å². The second-order valence-electron chi connectivity index (χ2n) is 11.7. The van der Waals surface area contributed by atoms with Gasteiger partial charge in [-0.2, -0.15) is 13.2 Å². The molecule has 3 N–H and O–H groups in total. The van der Waals surface area contributed by atoms with Gasteiger partial charge in [-0.15, -0.1) is 0 Å². The highest BCUT2D eigenvalue weighted by Crippen LogP contribution is 2.30. The zero-order valence-corrected chi connectivity index (χ0v) is 23.9. The van der Waals surface area contributed by atoms with Gasteiger partial charge in [0.05, 0.1) is 30.0 Å². The second kappa shape index (κ2) is 12.0. The molecule has 7 nitrogen and oxygen atoms in total. The number of halogens is 3. The lowest BCUT2D eigenvalue weighted by molar-refractivity contribution is -0.139. The van der Waals surface area contributed by atoms with Gasteiger partial charge in [0, 0.05) is 40.5 Å². The van der Waals surface area contributed by atoms with Gasteiger partial charge in [-0.05, 0) is 56.8 Å². The molecule has 0 aliphatic carbocycles. The van der Waals surface area contributed by atoms with Crippen molar-refractivity contribution < 1.29 is 13.2 Å². The van der Waals surface area contributed by atoms with Crippen molar-refractivity contribution in [3.8, 4) is 0 Å². The number of hydrogen-bond donors (Lipinski definition) is 2. The molecule has 1 aromatic heterocycles. The van der Waals surface area contributed by atoms with Gasteiger partial charge >= 0.3 is 6.18 Å². The first-order chi connectivity index (χ1) is 18.8. The maximum atomic E-state index is 13.3. The molecule has 1 aromatic carbocycles. The minimum Gasteiger partial charge on any atom is -0.398 e. The van der Waals surface area contributed by atoms with E-state index in [4.69, 9.17) is 5.73 Å². The Bertz CT molecular complexity index is 1360. The number of fused-ring (bicyclic) bond motifs is 1. The molecule has 0 bridgehead atoms. The van der Waals surface area contributed by atoms with Crippen molar-refractivity contribution in [2.24, 2.45) is 20.4 Å². The van der Waals surface area contributed by atoms with Gasteiger partial charge in [0.25, 0.3) is 0 Å². The molecule has 1 fully saturated rings. The number of piperidine rings is 1. The highest BCUT2D eigenvalue weighted by molar-refractivity contribution is 6.13. The molecule has 3 aliphatic rings. The summed E-state index contributed by atoms with van der Waals surface area (Å²) in [6, 6.07) is 6.55. The van der Waals surface area contributed by atoms with Gasteiger partial charge in [0.2, 0.25) is 0 Å². The van der Waals surface area contributed by atoms with Gasteiger partial charge in [0.15, 0.2) is 5.84 Å². The number of alkyl halides is 3. The van der Waals surface area contributed by atoms with Gasteiger partial charge in [0.1, 0.15) is 6.54 Å². The Hall–Kier alpha value is -3.40. The molecule has 10 heteroatoms. The van der Waals surface area contributed by atoms with E-state index in [9.17, 15) is 13.2 Å². The largest absolute Gasteiger partial charge is 0.406 e. The Balaban J connectivity index is 0.000000461. The molecular formula is C30H40F3N7. The highest BCUT2D eigenvalue weighted by Gasteiger charge is 2.31. The van der Waals surface area contributed by atoms with E-state index in [1.54, 1.807) is 24.3 Å². The molecule has 0 amide bonds. The number of nitrogens with two attached hydrogens (primary N) is 1. The summed E-state index contributed by atoms with van der Waals surface area (Å²) in [5.74, 6) is 0.274. The molecule has 0 saturated carbocycles. The van der Waals surface area contributed by atoms with Gasteiger partial charge in [-0.1, -0.05) is 39.8 Å². The topological polar surface area (TPSA) is 83.3 Å². The first kappa shape index (κ1) is 29.6. The monoisotopic (exact) mass is 555 g/mol. The van der Waals surface area contributed by atoms with Crippen LogP contribution < -0.4 is 11.1 Å². The highest BCUT2D eigenvalue weighted by atomic mass is 19.4. The van der Waals surface area contributed by atoms with Crippen molar-refractivity contribution >= 4 is 33.8 Å². The number of allylic oxidation sites excluding steroid dienone is 1. The maximum Gasteiger partial charge on any atom is 0.406 e. The van der Waals surface area contributed by atoms with Crippen LogP contribution in [0.3, 0.4) is 0 Å². The Labute approximate surface area is 234 Å². The van der Waals surface area contributed by atoms with E-state index >= 15 is 0 Å². The van der Waals surface area contributed by atoms with E-state index in [0.717, 1.165) is 29.1 Å². The van der Waals surface area contributed by atoms with Crippen molar-refractivity contribution in [1.29, 1.82) is 0 Å². The quantitative estimate of drug-likeness (QED) is 0.431. The number of aliphatic imine (C=N–C) groups is 3. The van der Waals surface area contributed by atoms with E-state index in [-0.39, 0.29) is 11.3 Å². The molecule has 0 atom stereocenters. The summed E-state index contributed by atoms with van der Waals surface area (Å²) in [5.41, 5.74) is 10.7. The number of benzene rings is 1. The molecule has 1 saturated heterocycles. The normalized spacial score (nSPS) is 18.1. The van der Waals surface area contributed by atoms with Crippen LogP contribution in [0, 0.1) is 5.41 Å². The minimum absolute atomic E-state index is 0.00489. The molecule has 3 aliphatic heterocycles. The van der Waals surface area contributed by atoms with Crippen LogP contribution in [0.15, 0.2) is 63.3 Å². The lowest BCUT2D eigenvalue weighted by Crippen LogP contribution is -2.25. The summed E-state index contributed by atoms with van der Waals surface area (Å²) in [5, 5.41) is 3.81. The predicted molar refractivity (Wildman–Crippen MR) is 159 cm³/mol. The fraction of sp³-hybridized carbons (Fsp3) is 0.500. The predicted octanol–water partition coefficient (Wildman–Crippen LogP) is 5.97. The molecule has 4 heterocycles. The zero-order chi connectivity index (χ0) is 29.1. The number of aromatic nitrogens is 1. The van der Waals surface area contributed by atoms with Crippen LogP contribution in [-0.4, -0.2) is 66.1 Å². The van der Waals surface area contributed by atoms with Crippen LogP contribution in [0.25, 0.3) is 10.9 Å². The fourth-order valence-electron chi connectivity index (χ4n) is 4.91. The molecule has 2 aromatic rings. The summed E-state index contributed by atoms with van der Waals surface area (Å²) in [7, 11) is 2.19. The van der Waals surface area contributed by atoms with Crippen molar-refractivity contribution in [3.63, 3.8) is 0 Å². The smallest absolute Gasteiger partial charge is 0.398 e. The van der Waals surface area contributed by atoms with E-state index in [2.05, 4.69) is 59.6 Å². The Morgan fingerprint density at radius 1 is 1.12 bits per heavy atom. The average Bonchev–Trinajstić information content (AvgIpc) is 3.62. The molecule has 0 radical (unpaired) electrons. The number of amidine groups is 1. The number of nitrogens with zero attached hydrogens (tertiary/aromatic N) is 5. The van der Waals surface area contributed by atoms with Crippen LogP contribution in [0.4, 0.5) is 18.9 Å². The third kappa shape index (κ3) is 7.41. The number of nitrogen functional groups attached to an aromatic ring is 1. The summed E-state index contributed by atoms with van der Waals surface area (Å²) in [6.07, 6.45) is 2.45. The van der Waals surface area contributed by atoms with Gasteiger partial charge in [-0.3, -0.25) is 9.98 Å². The SMILES string of the molecule is C=C(NCC1=NC(c2cc3c(N)cccc3n2CC(F)(F)F)=NC1)C1=CN=C(C(C)(C)C)C1.CN1CCCCC1. The molecule has 0 spiro atoms. The Morgan fingerprint density at radius 3 is 2.45 bits per heavy atom. The number of nitrogens with one attached hydrogen (secondary N) is 1. The molecule has 5 rings (SSSR count). The van der Waals surface area contributed by atoms with E-state index in [0.29, 0.717) is 35.4 Å². The third-order valence-corrected chi connectivity index (χ3v) is 7.29. The average molecular weight is 556 g/mol. The van der Waals surface area contributed by atoms with Crippen LogP contribution in [-0.2, 0) is 6.54 Å². The van der Waals surface area contributed by atoms with E-state index < -0.39 is 12.7 Å². The van der Waals surface area contributed by atoms with Crippen LogP contribution in [0.1, 0.15) is 52.1 Å². The summed E-state index contributed by atoms with van der Waals surface area (Å²) >= 11 is 0. The number of rotatable bonds is 6. The Morgan fingerprint density at radius 2 is 1.85 bits per heavy atom. The Kier molecular flexibility index (Phi) is 8.87. The van der Waals surface area contributed by atoms with Crippen molar-refractivity contribution in [3.05, 3.63) is 54.0 Å². The summed E-state index contributed by atoms with van der Waals surface area (Å²) in [6.45, 7) is 12.7. The molecule has 216 valence electrons. The fourth-order valence-corrected chi connectivity index (χ4v) is 4.91. The summed E-state index contributed by atoms with van der Waals surface area (Å²) in [4.78, 5) is 15.8. The van der Waals surface area contributed by atoms with Gasteiger partial charge < -0.3 is 20.5 Å². The van der Waals surface area contributed by atoms with E-state index in [1.807, 2.05) is 6.20 Å². The maximum absolute atomic E-state index is 13.3. The lowest BCUT2D eigenvalue weighted by atomic mass is 9.87. The molecular weight excluding hydrogens is 515 g/mol. The lowest BCUT2D eigenvalue weighted by Gasteiger charge is -2.20. The van der Waals surface area contributed by atoms with Crippen LogP contribution >= 0.6 is 0 Å². The van der Waals surface area contributed by atoms with Crippen molar-refractivity contribution in [1.82, 2.24) is 14.8 Å². The first-order valence-corrected chi connectivity index (χ1v) is 13.8. The van der Waals surface area contributed by atoms with Crippen LogP contribution in [0.5, 0.6) is 0 Å². The molecule has 0 unspecified atom stereocenters. The number of likely N-dealkylation sites (tertiary alicyclic amines) is 1. The number of anilines is 1. The summed E-state index contributed by atoms with van der Waals surface area (Å²) < 4.78 is 41.0. The minimum atomic E-state index is -4.39. The third-order valence-electron chi connectivity index (χ3n) is 7.29. The van der Waals surface area contributed by atoms with Crippen molar-refractivity contribution in [2.75, 3.05) is 39.0 Å². The number of hydrogen-bond acceptors (Lipinski definition) is 6. The van der Waals surface area contributed by atoms with E-state index in [1.165, 1.54) is 36.9 Å². The molecule has 40 heavy (non-hydrogen) atoms. The first-order valence-electron chi connectivity index (χ1n) is 13.8.